The van der Waals surface area contributed by atoms with Crippen molar-refractivity contribution in [1.29, 1.82) is 0 Å². The molecule has 1 heterocycles. The van der Waals surface area contributed by atoms with E-state index in [1.165, 1.54) is 11.1 Å². The molecule has 2 aromatic rings. The molecule has 0 radical (unpaired) electrons. The Labute approximate surface area is 168 Å². The molecule has 1 aliphatic heterocycles. The van der Waals surface area contributed by atoms with Crippen LogP contribution in [0, 0.1) is 0 Å². The minimum Gasteiger partial charge on any atom is -0.399 e. The average molecular weight is 396 g/mol. The Morgan fingerprint density at radius 1 is 1.12 bits per heavy atom. The van der Waals surface area contributed by atoms with Crippen molar-refractivity contribution < 1.29 is 4.79 Å². The minimum atomic E-state index is 0. The van der Waals surface area contributed by atoms with Crippen LogP contribution in [0.25, 0.3) is 0 Å². The molecule has 0 bridgehead atoms. The Balaban J connectivity index is 0.00000169. The van der Waals surface area contributed by atoms with Crippen LogP contribution in [-0.4, -0.2) is 29.9 Å². The van der Waals surface area contributed by atoms with E-state index in [1.54, 1.807) is 0 Å². The van der Waals surface area contributed by atoms with Gasteiger partial charge in [-0.1, -0.05) is 36.4 Å². The van der Waals surface area contributed by atoms with Gasteiger partial charge in [-0.25, -0.2) is 0 Å². The molecule has 1 atom stereocenters. The zero-order chi connectivity index (χ0) is 16.9. The number of fused-ring (bicyclic) bond motifs is 1. The molecule has 3 rings (SSSR count). The number of amides is 1. The van der Waals surface area contributed by atoms with E-state index in [-0.39, 0.29) is 30.7 Å². The Morgan fingerprint density at radius 3 is 2.46 bits per heavy atom. The Kier molecular flexibility index (Phi) is 8.93. The minimum absolute atomic E-state index is 0. The van der Waals surface area contributed by atoms with Gasteiger partial charge in [-0.2, -0.15) is 0 Å². The average Bonchev–Trinajstić information content (AvgIpc) is 2.61. The first-order valence-electron chi connectivity index (χ1n) is 8.54. The van der Waals surface area contributed by atoms with E-state index in [4.69, 9.17) is 5.73 Å². The van der Waals surface area contributed by atoms with E-state index in [0.29, 0.717) is 19.0 Å². The zero-order valence-corrected chi connectivity index (χ0v) is 16.6. The number of hydrogen-bond donors (Lipinski definition) is 2. The highest BCUT2D eigenvalue weighted by Gasteiger charge is 2.20. The predicted molar refractivity (Wildman–Crippen MR) is 112 cm³/mol. The molecule has 26 heavy (non-hydrogen) atoms. The number of benzene rings is 2. The number of rotatable bonds is 5. The van der Waals surface area contributed by atoms with Gasteiger partial charge in [0.1, 0.15) is 0 Å². The fourth-order valence-corrected chi connectivity index (χ4v) is 3.17. The second kappa shape index (κ2) is 10.4. The molecule has 2 aromatic carbocycles. The van der Waals surface area contributed by atoms with E-state index in [0.717, 1.165) is 30.8 Å². The van der Waals surface area contributed by atoms with Crippen molar-refractivity contribution in [2.24, 2.45) is 0 Å². The van der Waals surface area contributed by atoms with E-state index in [2.05, 4.69) is 41.4 Å². The van der Waals surface area contributed by atoms with Gasteiger partial charge in [0.2, 0.25) is 5.91 Å². The largest absolute Gasteiger partial charge is 0.399 e. The number of carbonyl (C=O) groups is 1. The van der Waals surface area contributed by atoms with Gasteiger partial charge in [-0.3, -0.25) is 9.69 Å². The van der Waals surface area contributed by atoms with Crippen molar-refractivity contribution >= 4 is 36.4 Å². The highest BCUT2D eigenvalue weighted by Crippen LogP contribution is 2.19. The van der Waals surface area contributed by atoms with Gasteiger partial charge >= 0.3 is 0 Å². The van der Waals surface area contributed by atoms with E-state index < -0.39 is 0 Å². The third-order valence-corrected chi connectivity index (χ3v) is 4.72. The van der Waals surface area contributed by atoms with E-state index >= 15 is 0 Å². The fraction of sp³-hybridized carbons (Fsp3) is 0.350. The molecule has 3 N–H and O–H groups in total. The Bertz CT molecular complexity index is 706. The molecule has 0 saturated heterocycles. The molecule has 0 aromatic heterocycles. The highest BCUT2D eigenvalue weighted by molar-refractivity contribution is 5.85. The monoisotopic (exact) mass is 395 g/mol. The number of nitrogen functional groups attached to an aromatic ring is 1. The SMILES string of the molecule is CC(CNC(=O)Cc1ccc(N)cc1)N1CCc2ccccc2C1.Cl.Cl. The van der Waals surface area contributed by atoms with Gasteiger partial charge in [0.15, 0.2) is 0 Å². The summed E-state index contributed by atoms with van der Waals surface area (Å²) in [5.74, 6) is 0.0593. The quantitative estimate of drug-likeness (QED) is 0.763. The lowest BCUT2D eigenvalue weighted by atomic mass is 9.99. The third-order valence-electron chi connectivity index (χ3n) is 4.72. The van der Waals surface area contributed by atoms with Crippen molar-refractivity contribution in [1.82, 2.24) is 10.2 Å². The first-order valence-corrected chi connectivity index (χ1v) is 8.54. The number of carbonyl (C=O) groups excluding carboxylic acids is 1. The molecule has 1 amide bonds. The molecule has 0 saturated carbocycles. The molecule has 0 spiro atoms. The van der Waals surface area contributed by atoms with Crippen LogP contribution in [0.5, 0.6) is 0 Å². The first-order chi connectivity index (χ1) is 11.6. The summed E-state index contributed by atoms with van der Waals surface area (Å²) in [6.45, 7) is 4.87. The van der Waals surface area contributed by atoms with Crippen LogP contribution >= 0.6 is 24.8 Å². The van der Waals surface area contributed by atoms with Crippen LogP contribution < -0.4 is 11.1 Å². The van der Waals surface area contributed by atoms with Crippen molar-refractivity contribution in [2.45, 2.75) is 32.4 Å². The van der Waals surface area contributed by atoms with Crippen LogP contribution in [0.3, 0.4) is 0 Å². The van der Waals surface area contributed by atoms with Crippen LogP contribution in [0.4, 0.5) is 5.69 Å². The maximum absolute atomic E-state index is 12.1. The number of anilines is 1. The third kappa shape index (κ3) is 5.90. The van der Waals surface area contributed by atoms with Crippen LogP contribution in [0.1, 0.15) is 23.6 Å². The maximum Gasteiger partial charge on any atom is 0.224 e. The Hall–Kier alpha value is -1.75. The molecule has 4 nitrogen and oxygen atoms in total. The summed E-state index contributed by atoms with van der Waals surface area (Å²) in [5.41, 5.74) is 10.2. The van der Waals surface area contributed by atoms with Crippen LogP contribution in [-0.2, 0) is 24.2 Å². The number of nitrogens with zero attached hydrogens (tertiary/aromatic N) is 1. The lowest BCUT2D eigenvalue weighted by Crippen LogP contribution is -2.44. The van der Waals surface area contributed by atoms with Gasteiger partial charge < -0.3 is 11.1 Å². The maximum atomic E-state index is 12.1. The van der Waals surface area contributed by atoms with E-state index in [1.807, 2.05) is 24.3 Å². The molecule has 1 unspecified atom stereocenters. The Morgan fingerprint density at radius 2 is 1.77 bits per heavy atom. The lowest BCUT2D eigenvalue weighted by molar-refractivity contribution is -0.120. The van der Waals surface area contributed by atoms with Crippen molar-refractivity contribution in [2.75, 3.05) is 18.8 Å². The topological polar surface area (TPSA) is 58.4 Å². The second-order valence-corrected chi connectivity index (χ2v) is 6.56. The lowest BCUT2D eigenvalue weighted by Gasteiger charge is -2.33. The van der Waals surface area contributed by atoms with Crippen LogP contribution in [0.2, 0.25) is 0 Å². The predicted octanol–water partition coefficient (Wildman–Crippen LogP) is 3.22. The molecule has 1 aliphatic rings. The molecular weight excluding hydrogens is 369 g/mol. The smallest absolute Gasteiger partial charge is 0.224 e. The van der Waals surface area contributed by atoms with Crippen molar-refractivity contribution in [3.8, 4) is 0 Å². The van der Waals surface area contributed by atoms with Gasteiger partial charge in [0.25, 0.3) is 0 Å². The van der Waals surface area contributed by atoms with E-state index in [9.17, 15) is 4.79 Å². The van der Waals surface area contributed by atoms with Gasteiger partial charge in [0, 0.05) is 31.4 Å². The summed E-state index contributed by atoms with van der Waals surface area (Å²) < 4.78 is 0. The molecule has 6 heteroatoms. The first kappa shape index (κ1) is 22.3. The summed E-state index contributed by atoms with van der Waals surface area (Å²) >= 11 is 0. The van der Waals surface area contributed by atoms with Gasteiger partial charge in [0.05, 0.1) is 6.42 Å². The summed E-state index contributed by atoms with van der Waals surface area (Å²) in [4.78, 5) is 14.6. The fourth-order valence-electron chi connectivity index (χ4n) is 3.17. The van der Waals surface area contributed by atoms with Crippen LogP contribution in [0.15, 0.2) is 48.5 Å². The van der Waals surface area contributed by atoms with Crippen molar-refractivity contribution in [3.63, 3.8) is 0 Å². The number of nitrogens with two attached hydrogens (primary N) is 1. The number of hydrogen-bond acceptors (Lipinski definition) is 3. The molecule has 142 valence electrons. The molecular formula is C20H27Cl2N3O. The summed E-state index contributed by atoms with van der Waals surface area (Å²) in [7, 11) is 0. The number of nitrogens with one attached hydrogen (secondary N) is 1. The zero-order valence-electron chi connectivity index (χ0n) is 15.0. The normalized spacial score (nSPS) is 14.3. The second-order valence-electron chi connectivity index (χ2n) is 6.56. The molecule has 0 aliphatic carbocycles. The number of halogens is 2. The van der Waals surface area contributed by atoms with Gasteiger partial charge in [-0.05, 0) is 42.2 Å². The van der Waals surface area contributed by atoms with Crippen molar-refractivity contribution in [3.05, 3.63) is 65.2 Å². The summed E-state index contributed by atoms with van der Waals surface area (Å²) in [6, 6.07) is 16.4. The molecule has 0 fully saturated rings. The highest BCUT2D eigenvalue weighted by atomic mass is 35.5. The standard InChI is InChI=1S/C20H25N3O.2ClH/c1-15(23-11-10-17-4-2-3-5-18(17)14-23)13-22-20(24)12-16-6-8-19(21)9-7-16;;/h2-9,15H,10-14,21H2,1H3,(H,22,24);2*1H. The summed E-state index contributed by atoms with van der Waals surface area (Å²) in [5, 5.41) is 3.05. The summed E-state index contributed by atoms with van der Waals surface area (Å²) in [6.07, 6.45) is 1.48. The van der Waals surface area contributed by atoms with Gasteiger partial charge in [-0.15, -0.1) is 24.8 Å².